The molecule has 0 bridgehead atoms. The Morgan fingerprint density at radius 1 is 1.07 bits per heavy atom. The van der Waals surface area contributed by atoms with Crippen LogP contribution in [0.4, 0.5) is 5.69 Å². The largest absolute Gasteiger partial charge is 0.459 e. The maximum atomic E-state index is 12.8. The highest BCUT2D eigenvalue weighted by Gasteiger charge is 2.16. The summed E-state index contributed by atoms with van der Waals surface area (Å²) in [4.78, 5) is 26.6. The number of hydrogen-bond donors (Lipinski definition) is 1. The first-order chi connectivity index (χ1) is 13.3. The lowest BCUT2D eigenvalue weighted by molar-refractivity contribution is 0.0784. The van der Waals surface area contributed by atoms with Gasteiger partial charge in [0.2, 0.25) is 0 Å². The number of halogens is 2. The van der Waals surface area contributed by atoms with E-state index in [9.17, 15) is 9.59 Å². The van der Waals surface area contributed by atoms with Crippen LogP contribution in [0.3, 0.4) is 0 Å². The molecule has 2 aromatic carbocycles. The van der Waals surface area contributed by atoms with Crippen molar-refractivity contribution in [2.75, 3.05) is 12.4 Å². The Morgan fingerprint density at radius 2 is 1.86 bits per heavy atom. The molecule has 0 atom stereocenters. The van der Waals surface area contributed by atoms with Gasteiger partial charge >= 0.3 is 0 Å². The van der Waals surface area contributed by atoms with Crippen molar-refractivity contribution >= 4 is 40.7 Å². The summed E-state index contributed by atoms with van der Waals surface area (Å²) in [6.07, 6.45) is 1.43. The number of furan rings is 1. The van der Waals surface area contributed by atoms with Crippen molar-refractivity contribution in [3.8, 4) is 0 Å². The third-order valence-corrected chi connectivity index (χ3v) is 4.97. The molecule has 7 heteroatoms. The molecule has 28 heavy (non-hydrogen) atoms. The van der Waals surface area contributed by atoms with Gasteiger partial charge in [-0.3, -0.25) is 9.59 Å². The smallest absolute Gasteiger partial charge is 0.291 e. The van der Waals surface area contributed by atoms with E-state index in [0.717, 1.165) is 11.1 Å². The lowest BCUT2D eigenvalue weighted by Crippen LogP contribution is -2.26. The topological polar surface area (TPSA) is 62.6 Å². The fourth-order valence-corrected chi connectivity index (χ4v) is 3.01. The molecule has 5 nitrogen and oxygen atoms in total. The van der Waals surface area contributed by atoms with Crippen LogP contribution in [0, 0.1) is 6.92 Å². The minimum absolute atomic E-state index is 0.181. The maximum Gasteiger partial charge on any atom is 0.291 e. The minimum atomic E-state index is -0.373. The van der Waals surface area contributed by atoms with Crippen molar-refractivity contribution < 1.29 is 14.0 Å². The number of aryl methyl sites for hydroxylation is 1. The molecule has 1 N–H and O–H groups in total. The number of amides is 2. The fourth-order valence-electron chi connectivity index (χ4n) is 2.69. The maximum absolute atomic E-state index is 12.8. The lowest BCUT2D eigenvalue weighted by Gasteiger charge is -2.19. The van der Waals surface area contributed by atoms with Crippen LogP contribution in [0.5, 0.6) is 0 Å². The Kier molecular flexibility index (Phi) is 6.07. The summed E-state index contributed by atoms with van der Waals surface area (Å²) in [6.45, 7) is 2.23. The van der Waals surface area contributed by atoms with E-state index in [-0.39, 0.29) is 17.6 Å². The second-order valence-electron chi connectivity index (χ2n) is 6.37. The monoisotopic (exact) mass is 416 g/mol. The van der Waals surface area contributed by atoms with E-state index in [1.807, 2.05) is 13.0 Å². The molecule has 0 saturated heterocycles. The van der Waals surface area contributed by atoms with Crippen molar-refractivity contribution in [2.45, 2.75) is 13.5 Å². The number of nitrogens with zero attached hydrogens (tertiary/aromatic N) is 1. The van der Waals surface area contributed by atoms with E-state index >= 15 is 0 Å². The Morgan fingerprint density at radius 3 is 2.54 bits per heavy atom. The highest BCUT2D eigenvalue weighted by atomic mass is 35.5. The van der Waals surface area contributed by atoms with E-state index in [1.54, 1.807) is 54.4 Å². The van der Waals surface area contributed by atoms with Crippen molar-refractivity contribution in [2.24, 2.45) is 0 Å². The van der Waals surface area contributed by atoms with Gasteiger partial charge in [-0.15, -0.1) is 0 Å². The van der Waals surface area contributed by atoms with Gasteiger partial charge in [-0.25, -0.2) is 0 Å². The average Bonchev–Trinajstić information content (AvgIpc) is 3.21. The highest BCUT2D eigenvalue weighted by Crippen LogP contribution is 2.24. The van der Waals surface area contributed by atoms with Crippen molar-refractivity contribution in [3.63, 3.8) is 0 Å². The second-order valence-corrected chi connectivity index (χ2v) is 7.19. The van der Waals surface area contributed by atoms with E-state index in [4.69, 9.17) is 27.6 Å². The Bertz CT molecular complexity index is 1020. The first-order valence-corrected chi connectivity index (χ1v) is 9.25. The van der Waals surface area contributed by atoms with Gasteiger partial charge in [-0.05, 0) is 54.4 Å². The Balaban J connectivity index is 1.75. The average molecular weight is 417 g/mol. The predicted molar refractivity (Wildman–Crippen MR) is 110 cm³/mol. The van der Waals surface area contributed by atoms with E-state index in [2.05, 4.69) is 5.32 Å². The van der Waals surface area contributed by atoms with Crippen LogP contribution in [0.1, 0.15) is 32.0 Å². The molecule has 0 fully saturated rings. The zero-order chi connectivity index (χ0) is 20.3. The van der Waals surface area contributed by atoms with Crippen LogP contribution < -0.4 is 5.32 Å². The summed E-state index contributed by atoms with van der Waals surface area (Å²) >= 11 is 12.0. The van der Waals surface area contributed by atoms with Crippen LogP contribution in [0.15, 0.2) is 59.2 Å². The first kappa shape index (κ1) is 20.0. The number of rotatable bonds is 5. The summed E-state index contributed by atoms with van der Waals surface area (Å²) in [6, 6.07) is 13.6. The molecule has 0 radical (unpaired) electrons. The number of hydrogen-bond acceptors (Lipinski definition) is 3. The molecule has 0 unspecified atom stereocenters. The molecule has 3 rings (SSSR count). The Labute approximate surface area is 172 Å². The predicted octanol–water partition coefficient (Wildman–Crippen LogP) is 5.42. The number of benzene rings is 2. The SMILES string of the molecule is Cc1ccc(C(=O)N(C)Cc2ccc(Cl)c(Cl)c2)cc1NC(=O)c1ccco1. The van der Waals surface area contributed by atoms with Gasteiger partial charge in [-0.1, -0.05) is 35.3 Å². The molecule has 1 aromatic heterocycles. The third kappa shape index (κ3) is 4.55. The molecule has 0 spiro atoms. The van der Waals surface area contributed by atoms with Crippen LogP contribution in [-0.4, -0.2) is 23.8 Å². The lowest BCUT2D eigenvalue weighted by atomic mass is 10.1. The van der Waals surface area contributed by atoms with Crippen LogP contribution in [0.25, 0.3) is 0 Å². The normalized spacial score (nSPS) is 10.6. The summed E-state index contributed by atoms with van der Waals surface area (Å²) < 4.78 is 5.10. The molecule has 0 aliphatic rings. The summed E-state index contributed by atoms with van der Waals surface area (Å²) in [7, 11) is 1.70. The van der Waals surface area contributed by atoms with Crippen molar-refractivity contribution in [1.29, 1.82) is 0 Å². The molecule has 0 aliphatic heterocycles. The van der Waals surface area contributed by atoms with Gasteiger partial charge in [0.1, 0.15) is 0 Å². The van der Waals surface area contributed by atoms with E-state index in [1.165, 1.54) is 6.26 Å². The van der Waals surface area contributed by atoms with E-state index in [0.29, 0.717) is 27.8 Å². The second kappa shape index (κ2) is 8.50. The molecule has 0 saturated carbocycles. The molecular weight excluding hydrogens is 399 g/mol. The van der Waals surface area contributed by atoms with Gasteiger partial charge in [0, 0.05) is 24.8 Å². The van der Waals surface area contributed by atoms with Gasteiger partial charge in [0.05, 0.1) is 16.3 Å². The summed E-state index contributed by atoms with van der Waals surface area (Å²) in [5.74, 6) is -0.353. The summed E-state index contributed by atoms with van der Waals surface area (Å²) in [5.41, 5.74) is 2.71. The van der Waals surface area contributed by atoms with Crippen molar-refractivity contribution in [1.82, 2.24) is 4.90 Å². The summed E-state index contributed by atoms with van der Waals surface area (Å²) in [5, 5.41) is 3.68. The van der Waals surface area contributed by atoms with Crippen molar-refractivity contribution in [3.05, 3.63) is 87.3 Å². The molecular formula is C21H18Cl2N2O3. The van der Waals surface area contributed by atoms with Gasteiger partial charge in [0.15, 0.2) is 5.76 Å². The Hall–Kier alpha value is -2.76. The highest BCUT2D eigenvalue weighted by molar-refractivity contribution is 6.42. The van der Waals surface area contributed by atoms with Gasteiger partial charge < -0.3 is 14.6 Å². The third-order valence-electron chi connectivity index (χ3n) is 4.23. The first-order valence-electron chi connectivity index (χ1n) is 8.50. The van der Waals surface area contributed by atoms with Gasteiger partial charge in [-0.2, -0.15) is 0 Å². The standard InChI is InChI=1S/C21H18Cl2N2O3/c1-13-5-7-15(11-18(13)24-20(26)19-4-3-9-28-19)21(27)25(2)12-14-6-8-16(22)17(23)10-14/h3-11H,12H2,1-2H3,(H,24,26). The number of carbonyl (C=O) groups excluding carboxylic acids is 2. The zero-order valence-corrected chi connectivity index (χ0v) is 16.8. The van der Waals surface area contributed by atoms with Crippen LogP contribution in [-0.2, 0) is 6.54 Å². The van der Waals surface area contributed by atoms with Crippen LogP contribution >= 0.6 is 23.2 Å². The molecule has 2 amide bonds. The molecule has 144 valence electrons. The van der Waals surface area contributed by atoms with Gasteiger partial charge in [0.25, 0.3) is 11.8 Å². The molecule has 1 heterocycles. The number of nitrogens with one attached hydrogen (secondary N) is 1. The quantitative estimate of drug-likeness (QED) is 0.603. The number of carbonyl (C=O) groups is 2. The zero-order valence-electron chi connectivity index (χ0n) is 15.3. The van der Waals surface area contributed by atoms with E-state index < -0.39 is 0 Å². The fraction of sp³-hybridized carbons (Fsp3) is 0.143. The number of anilines is 1. The molecule has 0 aliphatic carbocycles. The molecule has 3 aromatic rings. The minimum Gasteiger partial charge on any atom is -0.459 e. The van der Waals surface area contributed by atoms with Crippen LogP contribution in [0.2, 0.25) is 10.0 Å².